The topological polar surface area (TPSA) is 59.4 Å². The lowest BCUT2D eigenvalue weighted by molar-refractivity contribution is 0.768. The highest BCUT2D eigenvalue weighted by molar-refractivity contribution is 7.71. The second-order valence-electron chi connectivity index (χ2n) is 4.77. The van der Waals surface area contributed by atoms with Crippen molar-refractivity contribution in [1.29, 1.82) is 0 Å². The van der Waals surface area contributed by atoms with E-state index in [0.717, 1.165) is 34.6 Å². The van der Waals surface area contributed by atoms with Gasteiger partial charge in [-0.3, -0.25) is 9.67 Å². The molecule has 1 N–H and O–H groups in total. The largest absolute Gasteiger partial charge is 0.339 e. The molecule has 21 heavy (non-hydrogen) atoms. The molecule has 3 aromatic heterocycles. The van der Waals surface area contributed by atoms with Crippen LogP contribution in [0.3, 0.4) is 0 Å². The van der Waals surface area contributed by atoms with E-state index in [1.807, 2.05) is 31.6 Å². The van der Waals surface area contributed by atoms with E-state index in [2.05, 4.69) is 27.0 Å². The molecule has 6 heteroatoms. The van der Waals surface area contributed by atoms with E-state index in [9.17, 15) is 0 Å². The Morgan fingerprint density at radius 2 is 2.19 bits per heavy atom. The average molecular weight is 297 g/mol. The first-order valence-electron chi connectivity index (χ1n) is 6.71. The molecule has 0 atom stereocenters. The molecular formula is C15H15N5S. The van der Waals surface area contributed by atoms with Crippen LogP contribution >= 0.6 is 12.2 Å². The minimum atomic E-state index is 0.557. The highest BCUT2D eigenvalue weighted by Gasteiger charge is 2.09. The third-order valence-corrected chi connectivity index (χ3v) is 3.51. The van der Waals surface area contributed by atoms with Crippen LogP contribution in [0, 0.1) is 4.64 Å². The summed E-state index contributed by atoms with van der Waals surface area (Å²) < 4.78 is 2.32. The first-order valence-corrected chi connectivity index (χ1v) is 7.12. The summed E-state index contributed by atoms with van der Waals surface area (Å²) in [6, 6.07) is 3.81. The molecule has 5 nitrogen and oxygen atoms in total. The van der Waals surface area contributed by atoms with Crippen molar-refractivity contribution >= 4 is 12.2 Å². The van der Waals surface area contributed by atoms with Gasteiger partial charge in [0, 0.05) is 36.8 Å². The summed E-state index contributed by atoms with van der Waals surface area (Å²) in [5, 5.41) is 4.19. The van der Waals surface area contributed by atoms with E-state index in [4.69, 9.17) is 12.2 Å². The number of aromatic amines is 1. The van der Waals surface area contributed by atoms with Gasteiger partial charge >= 0.3 is 0 Å². The van der Waals surface area contributed by atoms with Crippen molar-refractivity contribution in [3.05, 3.63) is 47.1 Å². The molecule has 0 saturated heterocycles. The Morgan fingerprint density at radius 3 is 2.90 bits per heavy atom. The van der Waals surface area contributed by atoms with Crippen LogP contribution < -0.4 is 0 Å². The van der Waals surface area contributed by atoms with Crippen LogP contribution in [0.4, 0.5) is 0 Å². The Labute approximate surface area is 127 Å². The molecule has 0 aliphatic heterocycles. The van der Waals surface area contributed by atoms with E-state index < -0.39 is 0 Å². The van der Waals surface area contributed by atoms with Crippen molar-refractivity contribution in [3.63, 3.8) is 0 Å². The van der Waals surface area contributed by atoms with Gasteiger partial charge in [0.1, 0.15) is 10.5 Å². The van der Waals surface area contributed by atoms with Gasteiger partial charge in [-0.1, -0.05) is 19.1 Å². The molecule has 0 amide bonds. The van der Waals surface area contributed by atoms with Crippen molar-refractivity contribution in [2.75, 3.05) is 0 Å². The van der Waals surface area contributed by atoms with E-state index in [1.54, 1.807) is 17.1 Å². The van der Waals surface area contributed by atoms with Crippen LogP contribution in [0.5, 0.6) is 0 Å². The van der Waals surface area contributed by atoms with Gasteiger partial charge in [-0.25, -0.2) is 4.98 Å². The van der Waals surface area contributed by atoms with Gasteiger partial charge in [0.15, 0.2) is 0 Å². The number of aryl methyl sites for hydroxylation is 2. The third kappa shape index (κ3) is 2.75. The summed E-state index contributed by atoms with van der Waals surface area (Å²) in [7, 11) is 1.89. The van der Waals surface area contributed by atoms with Crippen LogP contribution in [0.15, 0.2) is 36.9 Å². The van der Waals surface area contributed by atoms with Gasteiger partial charge in [-0.2, -0.15) is 5.10 Å². The normalized spacial score (nSPS) is 10.8. The zero-order chi connectivity index (χ0) is 14.8. The molecule has 0 unspecified atom stereocenters. The fourth-order valence-electron chi connectivity index (χ4n) is 2.24. The van der Waals surface area contributed by atoms with Crippen molar-refractivity contribution in [2.24, 2.45) is 7.05 Å². The van der Waals surface area contributed by atoms with Crippen LogP contribution in [0.2, 0.25) is 0 Å². The summed E-state index contributed by atoms with van der Waals surface area (Å²) in [4.78, 5) is 12.0. The quantitative estimate of drug-likeness (QED) is 0.754. The Kier molecular flexibility index (Phi) is 3.62. The lowest BCUT2D eigenvalue weighted by Gasteiger charge is -2.08. The van der Waals surface area contributed by atoms with E-state index in [-0.39, 0.29) is 0 Å². The van der Waals surface area contributed by atoms with Crippen molar-refractivity contribution < 1.29 is 0 Å². The molecule has 0 aliphatic rings. The Morgan fingerprint density at radius 1 is 1.33 bits per heavy atom. The van der Waals surface area contributed by atoms with Crippen LogP contribution in [-0.4, -0.2) is 24.7 Å². The molecule has 0 bridgehead atoms. The predicted octanol–water partition coefficient (Wildman–Crippen LogP) is 3.16. The monoisotopic (exact) mass is 297 g/mol. The van der Waals surface area contributed by atoms with Crippen molar-refractivity contribution in [1.82, 2.24) is 24.7 Å². The molecule has 3 heterocycles. The number of aromatic nitrogens is 5. The molecule has 0 fully saturated rings. The Balaban J connectivity index is 2.16. The van der Waals surface area contributed by atoms with Gasteiger partial charge in [-0.15, -0.1) is 0 Å². The van der Waals surface area contributed by atoms with Gasteiger partial charge in [0.05, 0.1) is 11.9 Å². The number of hydrogen-bond acceptors (Lipinski definition) is 4. The maximum absolute atomic E-state index is 5.30. The van der Waals surface area contributed by atoms with Gasteiger partial charge in [0.25, 0.3) is 0 Å². The fraction of sp³-hybridized carbons (Fsp3) is 0.200. The minimum absolute atomic E-state index is 0.557. The molecule has 0 spiro atoms. The Hall–Kier alpha value is -2.34. The lowest BCUT2D eigenvalue weighted by Crippen LogP contribution is -1.96. The highest BCUT2D eigenvalue weighted by atomic mass is 32.1. The molecule has 0 saturated carbocycles. The molecule has 0 radical (unpaired) electrons. The first kappa shape index (κ1) is 13.6. The number of pyridine rings is 1. The zero-order valence-corrected chi connectivity index (χ0v) is 12.7. The van der Waals surface area contributed by atoms with Gasteiger partial charge in [0.2, 0.25) is 0 Å². The number of nitrogens with one attached hydrogen (secondary N) is 1. The van der Waals surface area contributed by atoms with E-state index in [1.165, 1.54) is 0 Å². The first-order chi connectivity index (χ1) is 10.2. The molecule has 106 valence electrons. The predicted molar refractivity (Wildman–Crippen MR) is 84.2 cm³/mol. The second kappa shape index (κ2) is 5.57. The number of H-pyrrole nitrogens is 1. The average Bonchev–Trinajstić information content (AvgIpc) is 2.93. The van der Waals surface area contributed by atoms with Crippen LogP contribution in [0.25, 0.3) is 22.6 Å². The zero-order valence-electron chi connectivity index (χ0n) is 11.9. The van der Waals surface area contributed by atoms with Crippen LogP contribution in [-0.2, 0) is 13.5 Å². The molecule has 3 rings (SSSR count). The summed E-state index contributed by atoms with van der Waals surface area (Å²) in [6.07, 6.45) is 8.27. The molecular weight excluding hydrogens is 282 g/mol. The lowest BCUT2D eigenvalue weighted by atomic mass is 10.1. The third-order valence-electron chi connectivity index (χ3n) is 3.30. The fourth-order valence-corrected chi connectivity index (χ4v) is 2.45. The maximum Gasteiger partial charge on any atom is 0.139 e. The number of hydrogen-bond donors (Lipinski definition) is 1. The SMILES string of the molecule is CCc1cnccc1-c1nc(=S)cc(-c2cnn(C)c2)[nH]1. The molecule has 0 aromatic carbocycles. The van der Waals surface area contributed by atoms with Crippen LogP contribution in [0.1, 0.15) is 12.5 Å². The number of nitrogens with zero attached hydrogens (tertiary/aromatic N) is 4. The Bertz CT molecular complexity index is 834. The van der Waals surface area contributed by atoms with E-state index >= 15 is 0 Å². The summed E-state index contributed by atoms with van der Waals surface area (Å²) in [5.74, 6) is 0.764. The second-order valence-corrected chi connectivity index (χ2v) is 5.19. The molecule has 0 aliphatic carbocycles. The highest BCUT2D eigenvalue weighted by Crippen LogP contribution is 2.23. The summed E-state index contributed by atoms with van der Waals surface area (Å²) >= 11 is 5.30. The van der Waals surface area contributed by atoms with Gasteiger partial charge < -0.3 is 4.98 Å². The van der Waals surface area contributed by atoms with E-state index in [0.29, 0.717) is 4.64 Å². The number of rotatable bonds is 3. The molecule has 3 aromatic rings. The maximum atomic E-state index is 5.30. The van der Waals surface area contributed by atoms with Crippen molar-refractivity contribution in [2.45, 2.75) is 13.3 Å². The van der Waals surface area contributed by atoms with Crippen molar-refractivity contribution in [3.8, 4) is 22.6 Å². The minimum Gasteiger partial charge on any atom is -0.339 e. The summed E-state index contributed by atoms with van der Waals surface area (Å²) in [6.45, 7) is 2.10. The van der Waals surface area contributed by atoms with Gasteiger partial charge in [-0.05, 0) is 24.1 Å². The standard InChI is InChI=1S/C15H15N5S/c1-3-10-7-16-5-4-12(10)15-18-13(6-14(21)19-15)11-8-17-20(2)9-11/h4-9H,3H2,1-2H3,(H,18,19,21). The smallest absolute Gasteiger partial charge is 0.139 e. The summed E-state index contributed by atoms with van der Waals surface area (Å²) in [5.41, 5.74) is 4.07.